The molecule has 1 N–H and O–H groups in total. The maximum atomic E-state index is 4.75. The number of hydrogen-bond acceptors (Lipinski definition) is 3. The highest BCUT2D eigenvalue weighted by molar-refractivity contribution is 7.11. The van der Waals surface area contributed by atoms with Crippen LogP contribution < -0.4 is 5.32 Å². The van der Waals surface area contributed by atoms with Crippen molar-refractivity contribution in [2.45, 2.75) is 46.1 Å². The Balaban J connectivity index is 1.84. The molecule has 2 nitrogen and oxygen atoms in total. The largest absolute Gasteiger partial charge is 0.310 e. The van der Waals surface area contributed by atoms with Gasteiger partial charge < -0.3 is 5.32 Å². The van der Waals surface area contributed by atoms with Gasteiger partial charge >= 0.3 is 0 Å². The van der Waals surface area contributed by atoms with E-state index < -0.39 is 0 Å². The van der Waals surface area contributed by atoms with E-state index >= 15 is 0 Å². The smallest absolute Gasteiger partial charge is 0.0934 e. The summed E-state index contributed by atoms with van der Waals surface area (Å²) in [6.45, 7) is 7.51. The lowest BCUT2D eigenvalue weighted by Crippen LogP contribution is -2.33. The predicted molar refractivity (Wildman–Crippen MR) is 90.0 cm³/mol. The molecule has 1 heterocycles. The number of hydrogen-bond donors (Lipinski definition) is 1. The standard InChI is InChI=1S/C18H24N2S/c1-4-19-18-15(11-17-20-12(2)13(3)21-17)10-9-14-7-5-6-8-16(14)18/h5-8,15,18-19H,4,9-11H2,1-3H3. The fourth-order valence-corrected chi connectivity index (χ4v) is 4.42. The molecule has 0 saturated heterocycles. The Morgan fingerprint density at radius 3 is 2.81 bits per heavy atom. The van der Waals surface area contributed by atoms with Gasteiger partial charge in [0.15, 0.2) is 0 Å². The van der Waals surface area contributed by atoms with Gasteiger partial charge in [0.1, 0.15) is 0 Å². The van der Waals surface area contributed by atoms with E-state index in [2.05, 4.69) is 50.4 Å². The first kappa shape index (κ1) is 14.7. The number of fused-ring (bicyclic) bond motifs is 1. The SMILES string of the molecule is CCNC1c2ccccc2CCC1Cc1nc(C)c(C)s1. The average molecular weight is 300 g/mol. The molecular formula is C18H24N2S. The van der Waals surface area contributed by atoms with Crippen molar-refractivity contribution in [1.82, 2.24) is 10.3 Å². The van der Waals surface area contributed by atoms with Gasteiger partial charge in [0, 0.05) is 17.3 Å². The molecule has 3 rings (SSSR count). The number of aromatic nitrogens is 1. The number of nitrogens with one attached hydrogen (secondary N) is 1. The molecule has 0 amide bonds. The number of thiazole rings is 1. The summed E-state index contributed by atoms with van der Waals surface area (Å²) in [6, 6.07) is 9.39. The monoisotopic (exact) mass is 300 g/mol. The van der Waals surface area contributed by atoms with Gasteiger partial charge in [0.2, 0.25) is 0 Å². The molecule has 112 valence electrons. The Labute approximate surface area is 131 Å². The van der Waals surface area contributed by atoms with Crippen LogP contribution in [0.15, 0.2) is 24.3 Å². The maximum Gasteiger partial charge on any atom is 0.0934 e. The van der Waals surface area contributed by atoms with Crippen LogP contribution in [0.4, 0.5) is 0 Å². The Morgan fingerprint density at radius 1 is 1.29 bits per heavy atom. The molecule has 1 aliphatic rings. The Kier molecular flexibility index (Phi) is 4.41. The van der Waals surface area contributed by atoms with Gasteiger partial charge in [-0.2, -0.15) is 0 Å². The Hall–Kier alpha value is -1.19. The summed E-state index contributed by atoms with van der Waals surface area (Å²) in [4.78, 5) is 6.11. The normalized spacial score (nSPS) is 21.3. The second kappa shape index (κ2) is 6.29. The van der Waals surface area contributed by atoms with Crippen molar-refractivity contribution in [3.8, 4) is 0 Å². The van der Waals surface area contributed by atoms with Crippen LogP contribution in [-0.2, 0) is 12.8 Å². The number of aryl methyl sites for hydroxylation is 3. The molecule has 1 aromatic heterocycles. The van der Waals surface area contributed by atoms with Gasteiger partial charge in [-0.05, 0) is 50.3 Å². The van der Waals surface area contributed by atoms with Crippen molar-refractivity contribution in [3.63, 3.8) is 0 Å². The van der Waals surface area contributed by atoms with Crippen LogP contribution in [0.5, 0.6) is 0 Å². The van der Waals surface area contributed by atoms with Crippen LogP contribution in [0.1, 0.15) is 46.1 Å². The predicted octanol–water partition coefficient (Wildman–Crippen LogP) is 4.22. The molecule has 1 aromatic carbocycles. The minimum Gasteiger partial charge on any atom is -0.310 e. The molecule has 0 radical (unpaired) electrons. The molecule has 3 heteroatoms. The number of rotatable bonds is 4. The quantitative estimate of drug-likeness (QED) is 0.914. The van der Waals surface area contributed by atoms with E-state index in [0.29, 0.717) is 12.0 Å². The van der Waals surface area contributed by atoms with Crippen molar-refractivity contribution >= 4 is 11.3 Å². The zero-order chi connectivity index (χ0) is 14.8. The van der Waals surface area contributed by atoms with E-state index in [1.165, 1.54) is 39.5 Å². The van der Waals surface area contributed by atoms with Gasteiger partial charge in [0.25, 0.3) is 0 Å². The van der Waals surface area contributed by atoms with Crippen LogP contribution in [0.25, 0.3) is 0 Å². The van der Waals surface area contributed by atoms with E-state index in [1.54, 1.807) is 0 Å². The van der Waals surface area contributed by atoms with Gasteiger partial charge in [-0.1, -0.05) is 31.2 Å². The molecule has 0 saturated carbocycles. The highest BCUT2D eigenvalue weighted by Crippen LogP contribution is 2.37. The molecule has 2 aromatic rings. The third-order valence-corrected chi connectivity index (χ3v) is 5.67. The van der Waals surface area contributed by atoms with E-state index in [1.807, 2.05) is 11.3 Å². The fourth-order valence-electron chi connectivity index (χ4n) is 3.39. The molecule has 0 fully saturated rings. The number of benzene rings is 1. The number of nitrogens with zero attached hydrogens (tertiary/aromatic N) is 1. The van der Waals surface area contributed by atoms with Crippen molar-refractivity contribution in [2.24, 2.45) is 5.92 Å². The third kappa shape index (κ3) is 3.04. The zero-order valence-corrected chi connectivity index (χ0v) is 14.0. The highest BCUT2D eigenvalue weighted by Gasteiger charge is 2.29. The lowest BCUT2D eigenvalue weighted by molar-refractivity contribution is 0.323. The van der Waals surface area contributed by atoms with Crippen molar-refractivity contribution in [2.75, 3.05) is 6.54 Å². The van der Waals surface area contributed by atoms with Gasteiger partial charge in [-0.3, -0.25) is 0 Å². The van der Waals surface area contributed by atoms with Crippen LogP contribution >= 0.6 is 11.3 Å². The van der Waals surface area contributed by atoms with Crippen LogP contribution in [0.3, 0.4) is 0 Å². The Morgan fingerprint density at radius 2 is 2.10 bits per heavy atom. The van der Waals surface area contributed by atoms with Crippen LogP contribution in [0, 0.1) is 19.8 Å². The summed E-state index contributed by atoms with van der Waals surface area (Å²) in [5.41, 5.74) is 4.22. The molecule has 2 atom stereocenters. The van der Waals surface area contributed by atoms with Gasteiger partial charge in [-0.15, -0.1) is 11.3 Å². The molecular weight excluding hydrogens is 276 g/mol. The fraction of sp³-hybridized carbons (Fsp3) is 0.500. The average Bonchev–Trinajstić information content (AvgIpc) is 2.80. The first-order valence-electron chi connectivity index (χ1n) is 7.93. The highest BCUT2D eigenvalue weighted by atomic mass is 32.1. The van der Waals surface area contributed by atoms with Crippen molar-refractivity contribution in [3.05, 3.63) is 51.0 Å². The maximum absolute atomic E-state index is 4.75. The first-order chi connectivity index (χ1) is 10.2. The van der Waals surface area contributed by atoms with E-state index in [0.717, 1.165) is 13.0 Å². The molecule has 1 aliphatic carbocycles. The van der Waals surface area contributed by atoms with Gasteiger partial charge in [-0.25, -0.2) is 4.98 Å². The third-order valence-electron chi connectivity index (χ3n) is 4.58. The summed E-state index contributed by atoms with van der Waals surface area (Å²) in [5, 5.41) is 5.01. The topological polar surface area (TPSA) is 24.9 Å². The minimum atomic E-state index is 0.476. The first-order valence-corrected chi connectivity index (χ1v) is 8.74. The van der Waals surface area contributed by atoms with Crippen LogP contribution in [0.2, 0.25) is 0 Å². The Bertz CT molecular complexity index is 598. The summed E-state index contributed by atoms with van der Waals surface area (Å²) in [7, 11) is 0. The molecule has 21 heavy (non-hydrogen) atoms. The second-order valence-corrected chi connectivity index (χ2v) is 7.27. The van der Waals surface area contributed by atoms with E-state index in [9.17, 15) is 0 Å². The lowest BCUT2D eigenvalue weighted by Gasteiger charge is -2.34. The summed E-state index contributed by atoms with van der Waals surface area (Å²) in [5.74, 6) is 0.657. The zero-order valence-electron chi connectivity index (χ0n) is 13.1. The lowest BCUT2D eigenvalue weighted by atomic mass is 9.78. The second-order valence-electron chi connectivity index (χ2n) is 5.99. The summed E-state index contributed by atoms with van der Waals surface area (Å²) < 4.78 is 0. The van der Waals surface area contributed by atoms with Crippen LogP contribution in [-0.4, -0.2) is 11.5 Å². The van der Waals surface area contributed by atoms with Crippen molar-refractivity contribution < 1.29 is 0 Å². The van der Waals surface area contributed by atoms with E-state index in [4.69, 9.17) is 4.98 Å². The molecule has 2 unspecified atom stereocenters. The molecule has 0 spiro atoms. The molecule has 0 bridgehead atoms. The van der Waals surface area contributed by atoms with Crippen molar-refractivity contribution in [1.29, 1.82) is 0 Å². The molecule has 0 aliphatic heterocycles. The summed E-state index contributed by atoms with van der Waals surface area (Å²) >= 11 is 1.87. The van der Waals surface area contributed by atoms with E-state index in [-0.39, 0.29) is 0 Å². The minimum absolute atomic E-state index is 0.476. The summed E-state index contributed by atoms with van der Waals surface area (Å²) in [6.07, 6.45) is 3.56. The van der Waals surface area contributed by atoms with Gasteiger partial charge in [0.05, 0.1) is 10.7 Å².